The van der Waals surface area contributed by atoms with Gasteiger partial charge in [0.05, 0.1) is 28.4 Å². The summed E-state index contributed by atoms with van der Waals surface area (Å²) in [7, 11) is 0. The molecule has 0 radical (unpaired) electrons. The van der Waals surface area contributed by atoms with Gasteiger partial charge >= 0.3 is 0 Å². The summed E-state index contributed by atoms with van der Waals surface area (Å²) in [4.78, 5) is 49.0. The van der Waals surface area contributed by atoms with Gasteiger partial charge in [-0.3, -0.25) is 14.4 Å². The molecule has 1 saturated heterocycles. The standard InChI is InChI=1S/C53H33NO4/c55-49-47-48(50(56)54(49)43-25-13-14-26-44(43)58-36-30-29-33-28-27-32-15-7-8-20-37(32)42(33)31-36)53(35-18-5-2-6-19-35)46-41-24-12-10-22-39(41)38-21-9-11-23-40(38)45(46)52(47,51(53)57)34-16-3-1-4-17-34/h1-31,47-48H/t47-,48+,52+,53-. The molecule has 12 rings (SSSR count). The maximum atomic E-state index is 16.3. The topological polar surface area (TPSA) is 63.7 Å². The summed E-state index contributed by atoms with van der Waals surface area (Å²) in [6.45, 7) is 0. The van der Waals surface area contributed by atoms with Crippen LogP contribution in [0.15, 0.2) is 188 Å². The summed E-state index contributed by atoms with van der Waals surface area (Å²) in [5.41, 5.74) is 0.486. The lowest BCUT2D eigenvalue weighted by Crippen LogP contribution is -2.45. The summed E-state index contributed by atoms with van der Waals surface area (Å²) in [5.74, 6) is -2.03. The van der Waals surface area contributed by atoms with Gasteiger partial charge in [-0.25, -0.2) is 4.90 Å². The average molecular weight is 748 g/mol. The van der Waals surface area contributed by atoms with E-state index in [9.17, 15) is 0 Å². The molecular weight excluding hydrogens is 715 g/mol. The number of ketones is 1. The number of nitrogens with zero attached hydrogens (tertiary/aromatic N) is 1. The van der Waals surface area contributed by atoms with Crippen LogP contribution < -0.4 is 9.64 Å². The Bertz CT molecular complexity index is 3110. The van der Waals surface area contributed by atoms with Gasteiger partial charge in [0.2, 0.25) is 11.8 Å². The third kappa shape index (κ3) is 3.97. The van der Waals surface area contributed by atoms with Gasteiger partial charge in [-0.05, 0) is 89.6 Å². The second kappa shape index (κ2) is 11.8. The van der Waals surface area contributed by atoms with Crippen molar-refractivity contribution in [1.82, 2.24) is 0 Å². The molecule has 9 aromatic carbocycles. The van der Waals surface area contributed by atoms with Crippen molar-refractivity contribution in [2.24, 2.45) is 11.8 Å². The second-order valence-electron chi connectivity index (χ2n) is 15.7. The maximum Gasteiger partial charge on any atom is 0.239 e. The van der Waals surface area contributed by atoms with Crippen molar-refractivity contribution in [3.63, 3.8) is 0 Å². The lowest BCUT2D eigenvalue weighted by Gasteiger charge is -2.38. The minimum absolute atomic E-state index is 0.127. The van der Waals surface area contributed by atoms with E-state index >= 15 is 14.4 Å². The molecule has 0 unspecified atom stereocenters. The summed E-state index contributed by atoms with van der Waals surface area (Å²) in [5, 5.41) is 8.18. The van der Waals surface area contributed by atoms with Crippen molar-refractivity contribution in [3.05, 3.63) is 210 Å². The second-order valence-corrected chi connectivity index (χ2v) is 15.7. The molecule has 58 heavy (non-hydrogen) atoms. The molecule has 1 heterocycles. The molecular formula is C53H33NO4. The molecule has 3 aliphatic rings. The van der Waals surface area contributed by atoms with Crippen LogP contribution in [0.3, 0.4) is 0 Å². The van der Waals surface area contributed by atoms with Crippen LogP contribution in [0.1, 0.15) is 22.3 Å². The van der Waals surface area contributed by atoms with Gasteiger partial charge in [0.25, 0.3) is 0 Å². The third-order valence-electron chi connectivity index (χ3n) is 13.2. The number of carbonyl (C=O) groups excluding carboxylic acids is 3. The van der Waals surface area contributed by atoms with Crippen molar-refractivity contribution in [2.75, 3.05) is 4.90 Å². The first kappa shape index (κ1) is 32.8. The van der Waals surface area contributed by atoms with E-state index in [1.165, 1.54) is 4.90 Å². The van der Waals surface area contributed by atoms with Gasteiger partial charge in [-0.15, -0.1) is 0 Å². The Morgan fingerprint density at radius 1 is 0.414 bits per heavy atom. The third-order valence-corrected chi connectivity index (χ3v) is 13.2. The van der Waals surface area contributed by atoms with Gasteiger partial charge in [0.15, 0.2) is 11.5 Å². The number of hydrogen-bond acceptors (Lipinski definition) is 4. The lowest BCUT2D eigenvalue weighted by atomic mass is 9.59. The quantitative estimate of drug-likeness (QED) is 0.130. The van der Waals surface area contributed by atoms with E-state index < -0.39 is 34.5 Å². The number of ether oxygens (including phenoxy) is 1. The van der Waals surface area contributed by atoms with Crippen LogP contribution in [0.25, 0.3) is 43.1 Å². The predicted molar refractivity (Wildman–Crippen MR) is 228 cm³/mol. The summed E-state index contributed by atoms with van der Waals surface area (Å²) >= 11 is 0. The number of benzene rings is 9. The molecule has 5 heteroatoms. The number of rotatable bonds is 5. The number of amides is 2. The zero-order valence-electron chi connectivity index (χ0n) is 31.1. The van der Waals surface area contributed by atoms with Crippen molar-refractivity contribution in [1.29, 1.82) is 0 Å². The Balaban J connectivity index is 1.11. The average Bonchev–Trinajstić information content (AvgIpc) is 3.79. The van der Waals surface area contributed by atoms with Crippen LogP contribution in [0.5, 0.6) is 11.5 Å². The van der Waals surface area contributed by atoms with Crippen molar-refractivity contribution >= 4 is 66.4 Å². The lowest BCUT2D eigenvalue weighted by molar-refractivity contribution is -0.130. The first-order valence-corrected chi connectivity index (χ1v) is 19.7. The van der Waals surface area contributed by atoms with Gasteiger partial charge in [0.1, 0.15) is 5.75 Å². The van der Waals surface area contributed by atoms with Crippen molar-refractivity contribution < 1.29 is 19.1 Å². The Morgan fingerprint density at radius 3 is 1.45 bits per heavy atom. The molecule has 274 valence electrons. The fourth-order valence-corrected chi connectivity index (χ4v) is 11.1. The van der Waals surface area contributed by atoms with Gasteiger partial charge in [-0.1, -0.05) is 164 Å². The molecule has 2 amide bonds. The van der Waals surface area contributed by atoms with E-state index in [1.54, 1.807) is 12.1 Å². The van der Waals surface area contributed by atoms with Crippen LogP contribution >= 0.6 is 0 Å². The summed E-state index contributed by atoms with van der Waals surface area (Å²) < 4.78 is 6.67. The molecule has 0 spiro atoms. The van der Waals surface area contributed by atoms with E-state index in [1.807, 2.05) is 127 Å². The van der Waals surface area contributed by atoms with E-state index in [2.05, 4.69) is 48.5 Å². The fourth-order valence-electron chi connectivity index (χ4n) is 11.1. The molecule has 5 nitrogen and oxygen atoms in total. The number of anilines is 1. The molecule has 2 fully saturated rings. The minimum Gasteiger partial charge on any atom is -0.455 e. The minimum atomic E-state index is -1.46. The molecule has 1 aliphatic heterocycles. The Kier molecular flexibility index (Phi) is 6.69. The zero-order chi connectivity index (χ0) is 38.8. The fraction of sp³-hybridized carbons (Fsp3) is 0.0755. The normalized spacial score (nSPS) is 22.0. The molecule has 2 aliphatic carbocycles. The first-order chi connectivity index (χ1) is 28.5. The molecule has 0 aromatic heterocycles. The predicted octanol–water partition coefficient (Wildman–Crippen LogP) is 11.1. The first-order valence-electron chi connectivity index (χ1n) is 19.7. The molecule has 2 bridgehead atoms. The number of hydrogen-bond donors (Lipinski definition) is 0. The monoisotopic (exact) mass is 747 g/mol. The van der Waals surface area contributed by atoms with Gasteiger partial charge in [0, 0.05) is 0 Å². The number of carbonyl (C=O) groups is 3. The number of fused-ring (bicyclic) bond motifs is 16. The van der Waals surface area contributed by atoms with E-state index in [4.69, 9.17) is 4.74 Å². The summed E-state index contributed by atoms with van der Waals surface area (Å²) in [6.07, 6.45) is 0. The molecule has 4 atom stereocenters. The van der Waals surface area contributed by atoms with Crippen molar-refractivity contribution in [2.45, 2.75) is 10.8 Å². The Labute approximate surface area is 333 Å². The Hall–Kier alpha value is -7.37. The van der Waals surface area contributed by atoms with Crippen LogP contribution in [-0.4, -0.2) is 17.6 Å². The highest BCUT2D eigenvalue weighted by atomic mass is 16.5. The highest BCUT2D eigenvalue weighted by molar-refractivity contribution is 6.34. The van der Waals surface area contributed by atoms with E-state index in [-0.39, 0.29) is 5.78 Å². The largest absolute Gasteiger partial charge is 0.455 e. The highest BCUT2D eigenvalue weighted by Crippen LogP contribution is 2.72. The van der Waals surface area contributed by atoms with Crippen LogP contribution in [0, 0.1) is 11.8 Å². The van der Waals surface area contributed by atoms with Gasteiger partial charge < -0.3 is 4.74 Å². The zero-order valence-corrected chi connectivity index (χ0v) is 31.1. The van der Waals surface area contributed by atoms with E-state index in [0.29, 0.717) is 28.3 Å². The van der Waals surface area contributed by atoms with Crippen molar-refractivity contribution in [3.8, 4) is 11.5 Å². The summed E-state index contributed by atoms with van der Waals surface area (Å²) in [6, 6.07) is 61.3. The number of para-hydroxylation sites is 2. The highest BCUT2D eigenvalue weighted by Gasteiger charge is 2.82. The molecule has 9 aromatic rings. The molecule has 1 saturated carbocycles. The number of imide groups is 1. The Morgan fingerprint density at radius 2 is 0.862 bits per heavy atom. The van der Waals surface area contributed by atoms with E-state index in [0.717, 1.165) is 54.2 Å². The van der Waals surface area contributed by atoms with Crippen LogP contribution in [0.4, 0.5) is 5.69 Å². The SMILES string of the molecule is O=C1[C@@H]2[C@H](C(=O)N1c1ccccc1Oc1ccc3ccc4ccccc4c3c1)[C@@]1(c3ccccc3)C(=O)[C@]2(c2ccccc2)c2c1c1ccccc1c1ccccc21. The van der Waals surface area contributed by atoms with Crippen LogP contribution in [-0.2, 0) is 25.2 Å². The number of Topliss-reactive ketones (excluding diaryl/α,β-unsaturated/α-hetero) is 1. The van der Waals surface area contributed by atoms with Crippen LogP contribution in [0.2, 0.25) is 0 Å². The van der Waals surface area contributed by atoms with Gasteiger partial charge in [-0.2, -0.15) is 0 Å². The maximum absolute atomic E-state index is 16.3. The molecule has 0 N–H and O–H groups in total. The smallest absolute Gasteiger partial charge is 0.239 e.